The highest BCUT2D eigenvalue weighted by Gasteiger charge is 2.10. The van der Waals surface area contributed by atoms with Gasteiger partial charge in [0.25, 0.3) is 0 Å². The number of amides is 2. The highest BCUT2D eigenvalue weighted by Crippen LogP contribution is 2.18. The number of nitrogens with one attached hydrogen (secondary N) is 2. The van der Waals surface area contributed by atoms with E-state index in [0.717, 1.165) is 29.8 Å². The van der Waals surface area contributed by atoms with Gasteiger partial charge in [0.15, 0.2) is 0 Å². The van der Waals surface area contributed by atoms with E-state index in [2.05, 4.69) is 17.6 Å². The number of carbonyl (C=O) groups excluding carboxylic acids is 1. The summed E-state index contributed by atoms with van der Waals surface area (Å²) in [6, 6.07) is 14.4. The number of aliphatic hydroxyl groups is 1. The van der Waals surface area contributed by atoms with Crippen molar-refractivity contribution in [2.75, 3.05) is 37.5 Å². The van der Waals surface area contributed by atoms with Gasteiger partial charge in [-0.15, -0.1) is 0 Å². The average Bonchev–Trinajstić information content (AvgIpc) is 2.67. The summed E-state index contributed by atoms with van der Waals surface area (Å²) >= 11 is 0. The molecule has 0 heterocycles. The first kappa shape index (κ1) is 20.6. The first-order valence-electron chi connectivity index (χ1n) is 9.22. The van der Waals surface area contributed by atoms with Crippen LogP contribution >= 0.6 is 0 Å². The van der Waals surface area contributed by atoms with Crippen molar-refractivity contribution >= 4 is 17.4 Å². The van der Waals surface area contributed by atoms with E-state index >= 15 is 0 Å². The molecule has 0 fully saturated rings. The predicted octanol–water partition coefficient (Wildman–Crippen LogP) is 3.79. The van der Waals surface area contributed by atoms with Crippen molar-refractivity contribution in [3.05, 3.63) is 54.1 Å². The average molecular weight is 371 g/mol. The molecule has 0 aliphatic heterocycles. The number of urea groups is 1. The minimum atomic E-state index is -0.763. The second kappa shape index (κ2) is 10.4. The van der Waals surface area contributed by atoms with E-state index in [0.29, 0.717) is 12.3 Å². The maximum atomic E-state index is 12.0. The largest absolute Gasteiger partial charge is 0.494 e. The molecule has 2 aromatic carbocycles. The summed E-state index contributed by atoms with van der Waals surface area (Å²) in [6.07, 6.45) is 1.34. The number of hydrogen-bond acceptors (Lipinski definition) is 4. The number of carbonyl (C=O) groups is 1. The summed E-state index contributed by atoms with van der Waals surface area (Å²) in [6.45, 7) is 2.94. The van der Waals surface area contributed by atoms with Gasteiger partial charge in [-0.3, -0.25) is 0 Å². The van der Waals surface area contributed by atoms with Gasteiger partial charge in [-0.1, -0.05) is 25.5 Å². The lowest BCUT2D eigenvalue weighted by molar-refractivity contribution is 0.175. The third-order valence-electron chi connectivity index (χ3n) is 4.13. The van der Waals surface area contributed by atoms with E-state index in [1.54, 1.807) is 12.1 Å². The van der Waals surface area contributed by atoms with Crippen LogP contribution in [0.5, 0.6) is 5.75 Å². The minimum absolute atomic E-state index is 0.130. The van der Waals surface area contributed by atoms with Crippen molar-refractivity contribution in [2.45, 2.75) is 25.9 Å². The number of ether oxygens (including phenoxy) is 1. The first-order valence-corrected chi connectivity index (χ1v) is 9.22. The Balaban J connectivity index is 1.78. The molecular formula is C21H29N3O3. The molecule has 3 N–H and O–H groups in total. The van der Waals surface area contributed by atoms with Crippen molar-refractivity contribution in [1.82, 2.24) is 5.32 Å². The summed E-state index contributed by atoms with van der Waals surface area (Å²) in [5, 5.41) is 15.7. The smallest absolute Gasteiger partial charge is 0.319 e. The summed E-state index contributed by atoms with van der Waals surface area (Å²) in [5.41, 5.74) is 2.48. The molecule has 2 aromatic rings. The van der Waals surface area contributed by atoms with Crippen molar-refractivity contribution < 1.29 is 14.6 Å². The van der Waals surface area contributed by atoms with Crippen LogP contribution in [0.4, 0.5) is 16.2 Å². The Bertz CT molecular complexity index is 700. The Morgan fingerprint density at radius 3 is 2.37 bits per heavy atom. The van der Waals surface area contributed by atoms with Crippen molar-refractivity contribution in [3.63, 3.8) is 0 Å². The molecule has 0 aliphatic carbocycles. The van der Waals surface area contributed by atoms with E-state index in [9.17, 15) is 9.90 Å². The summed E-state index contributed by atoms with van der Waals surface area (Å²) in [5.74, 6) is 0.783. The van der Waals surface area contributed by atoms with Crippen LogP contribution in [-0.4, -0.2) is 38.4 Å². The highest BCUT2D eigenvalue weighted by atomic mass is 16.5. The Kier molecular flexibility index (Phi) is 7.95. The van der Waals surface area contributed by atoms with Gasteiger partial charge in [-0.05, 0) is 48.4 Å². The Morgan fingerprint density at radius 2 is 1.78 bits per heavy atom. The molecule has 6 nitrogen and oxygen atoms in total. The molecule has 0 bridgehead atoms. The van der Waals surface area contributed by atoms with E-state index in [1.807, 2.05) is 55.4 Å². The molecule has 6 heteroatoms. The van der Waals surface area contributed by atoms with Gasteiger partial charge in [-0.2, -0.15) is 0 Å². The molecule has 0 saturated heterocycles. The fourth-order valence-electron chi connectivity index (χ4n) is 2.45. The normalized spacial score (nSPS) is 11.6. The van der Waals surface area contributed by atoms with Crippen molar-refractivity contribution in [2.24, 2.45) is 0 Å². The molecule has 1 atom stereocenters. The van der Waals surface area contributed by atoms with Gasteiger partial charge in [-0.25, -0.2) is 4.79 Å². The topological polar surface area (TPSA) is 73.8 Å². The molecule has 0 spiro atoms. The minimum Gasteiger partial charge on any atom is -0.494 e. The van der Waals surface area contributed by atoms with E-state index in [-0.39, 0.29) is 12.6 Å². The predicted molar refractivity (Wildman–Crippen MR) is 110 cm³/mol. The first-order chi connectivity index (χ1) is 13.0. The quantitative estimate of drug-likeness (QED) is 0.587. The van der Waals surface area contributed by atoms with Crippen molar-refractivity contribution in [3.8, 4) is 5.75 Å². The zero-order valence-corrected chi connectivity index (χ0v) is 16.2. The summed E-state index contributed by atoms with van der Waals surface area (Å²) in [4.78, 5) is 14.0. The van der Waals surface area contributed by atoms with Crippen LogP contribution in [0.2, 0.25) is 0 Å². The molecule has 0 saturated carbocycles. The number of unbranched alkanes of at least 4 members (excludes halogenated alkanes) is 1. The van der Waals surface area contributed by atoms with Crippen LogP contribution in [0, 0.1) is 0 Å². The lowest BCUT2D eigenvalue weighted by Gasteiger charge is -2.16. The molecule has 146 valence electrons. The maximum Gasteiger partial charge on any atom is 0.319 e. The SMILES string of the molecule is CCCCOc1ccc(NC(=O)NC[C@H](O)c2ccc(N(C)C)cc2)cc1. The second-order valence-electron chi connectivity index (χ2n) is 6.56. The number of nitrogens with zero attached hydrogens (tertiary/aromatic N) is 1. The van der Waals surface area contributed by atoms with Gasteiger partial charge in [0.05, 0.1) is 12.7 Å². The Morgan fingerprint density at radius 1 is 1.11 bits per heavy atom. The zero-order valence-electron chi connectivity index (χ0n) is 16.2. The number of hydrogen-bond donors (Lipinski definition) is 3. The third kappa shape index (κ3) is 6.83. The van der Waals surface area contributed by atoms with Gasteiger partial charge in [0.1, 0.15) is 5.75 Å². The Labute approximate surface area is 161 Å². The van der Waals surface area contributed by atoms with Crippen LogP contribution in [0.3, 0.4) is 0 Å². The van der Waals surface area contributed by atoms with E-state index in [1.165, 1.54) is 0 Å². The van der Waals surface area contributed by atoms with E-state index < -0.39 is 6.10 Å². The lowest BCUT2D eigenvalue weighted by atomic mass is 10.1. The number of rotatable bonds is 9. The zero-order chi connectivity index (χ0) is 19.6. The van der Waals surface area contributed by atoms with Gasteiger partial charge in [0.2, 0.25) is 0 Å². The molecule has 0 radical (unpaired) electrons. The molecule has 27 heavy (non-hydrogen) atoms. The Hall–Kier alpha value is -2.73. The molecule has 0 unspecified atom stereocenters. The van der Waals surface area contributed by atoms with E-state index in [4.69, 9.17) is 4.74 Å². The fourth-order valence-corrected chi connectivity index (χ4v) is 2.45. The van der Waals surface area contributed by atoms with Crippen LogP contribution in [-0.2, 0) is 0 Å². The molecule has 2 amide bonds. The van der Waals surface area contributed by atoms with Gasteiger partial charge >= 0.3 is 6.03 Å². The van der Waals surface area contributed by atoms with Gasteiger partial charge in [0, 0.05) is 32.0 Å². The van der Waals surface area contributed by atoms with Crippen LogP contribution in [0.1, 0.15) is 31.4 Å². The summed E-state index contributed by atoms with van der Waals surface area (Å²) < 4.78 is 5.59. The molecular weight excluding hydrogens is 342 g/mol. The van der Waals surface area contributed by atoms with Crippen LogP contribution in [0.25, 0.3) is 0 Å². The lowest BCUT2D eigenvalue weighted by Crippen LogP contribution is -2.32. The number of anilines is 2. The maximum absolute atomic E-state index is 12.0. The molecule has 0 aromatic heterocycles. The fraction of sp³-hybridized carbons (Fsp3) is 0.381. The second-order valence-corrected chi connectivity index (χ2v) is 6.56. The monoisotopic (exact) mass is 371 g/mol. The van der Waals surface area contributed by atoms with Crippen LogP contribution < -0.4 is 20.3 Å². The molecule has 2 rings (SSSR count). The van der Waals surface area contributed by atoms with Gasteiger partial charge < -0.3 is 25.4 Å². The summed E-state index contributed by atoms with van der Waals surface area (Å²) in [7, 11) is 3.92. The van der Waals surface area contributed by atoms with Crippen molar-refractivity contribution in [1.29, 1.82) is 0 Å². The standard InChI is InChI=1S/C21H29N3O3/c1-4-5-14-27-19-12-8-17(9-13-19)23-21(26)22-15-20(25)16-6-10-18(11-7-16)24(2)3/h6-13,20,25H,4-5,14-15H2,1-3H3,(H2,22,23,26)/t20-/m0/s1. The third-order valence-corrected chi connectivity index (χ3v) is 4.13. The molecule has 0 aliphatic rings. The number of benzene rings is 2. The highest BCUT2D eigenvalue weighted by molar-refractivity contribution is 5.89. The number of aliphatic hydroxyl groups excluding tert-OH is 1. The van der Waals surface area contributed by atoms with Crippen LogP contribution in [0.15, 0.2) is 48.5 Å².